The van der Waals surface area contributed by atoms with Crippen LogP contribution >= 0.6 is 0 Å². The van der Waals surface area contributed by atoms with Crippen LogP contribution in [0, 0.1) is 6.92 Å². The van der Waals surface area contributed by atoms with Gasteiger partial charge in [0.25, 0.3) is 0 Å². The number of fused-ring (bicyclic) bond motifs is 1. The third-order valence-electron chi connectivity index (χ3n) is 6.16. The fourth-order valence-electron chi connectivity index (χ4n) is 4.13. The highest BCUT2D eigenvalue weighted by Gasteiger charge is 2.53. The highest BCUT2D eigenvalue weighted by atomic mass is 19.3. The lowest BCUT2D eigenvalue weighted by molar-refractivity contribution is -0.286. The minimum atomic E-state index is -3.71. The number of ether oxygens (including phenoxy) is 3. The van der Waals surface area contributed by atoms with E-state index in [4.69, 9.17) is 9.84 Å². The highest BCUT2D eigenvalue weighted by molar-refractivity contribution is 6.01. The molecule has 0 spiro atoms. The molecule has 1 aromatic heterocycles. The van der Waals surface area contributed by atoms with E-state index < -0.39 is 11.7 Å². The molecular formula is C26H28F2N2O6. The SMILES string of the molecule is Cc1ccc(NC(=O)C2(c3ccc4c(c3)OC(F)(F)O4)CC2)nc1-c1cccc(OCCCO)c1.O.[HH]. The lowest BCUT2D eigenvalue weighted by Gasteiger charge is -2.17. The van der Waals surface area contributed by atoms with E-state index in [0.29, 0.717) is 48.7 Å². The molecule has 8 nitrogen and oxygen atoms in total. The van der Waals surface area contributed by atoms with Crippen LogP contribution in [0.3, 0.4) is 0 Å². The summed E-state index contributed by atoms with van der Waals surface area (Å²) in [4.78, 5) is 17.9. The van der Waals surface area contributed by atoms with Crippen LogP contribution in [0.15, 0.2) is 54.6 Å². The van der Waals surface area contributed by atoms with E-state index in [9.17, 15) is 13.6 Å². The van der Waals surface area contributed by atoms with Crippen molar-refractivity contribution in [1.29, 1.82) is 0 Å². The van der Waals surface area contributed by atoms with Gasteiger partial charge in [-0.1, -0.05) is 24.3 Å². The first-order chi connectivity index (χ1) is 16.8. The molecule has 10 heteroatoms. The van der Waals surface area contributed by atoms with Gasteiger partial charge in [-0.15, -0.1) is 8.78 Å². The minimum absolute atomic E-state index is 0. The number of halogens is 2. The molecule has 36 heavy (non-hydrogen) atoms. The van der Waals surface area contributed by atoms with E-state index in [1.165, 1.54) is 12.1 Å². The number of nitrogens with one attached hydrogen (secondary N) is 1. The Bertz CT molecular complexity index is 1290. The topological polar surface area (TPSA) is 121 Å². The number of hydrogen-bond acceptors (Lipinski definition) is 6. The van der Waals surface area contributed by atoms with E-state index in [1.54, 1.807) is 12.1 Å². The number of aliphatic hydroxyl groups is 1. The summed E-state index contributed by atoms with van der Waals surface area (Å²) in [5.74, 6) is 0.662. The number of pyridine rings is 1. The summed E-state index contributed by atoms with van der Waals surface area (Å²) in [6.45, 7) is 2.39. The number of nitrogens with zero attached hydrogens (tertiary/aromatic N) is 1. The van der Waals surface area contributed by atoms with Crippen molar-refractivity contribution in [3.05, 3.63) is 65.7 Å². The monoisotopic (exact) mass is 502 g/mol. The van der Waals surface area contributed by atoms with Crippen molar-refractivity contribution < 1.29 is 39.8 Å². The molecule has 0 unspecified atom stereocenters. The lowest BCUT2D eigenvalue weighted by Crippen LogP contribution is -2.28. The third kappa shape index (κ3) is 4.95. The summed E-state index contributed by atoms with van der Waals surface area (Å²) < 4.78 is 41.5. The molecule has 3 aromatic rings. The van der Waals surface area contributed by atoms with Crippen LogP contribution in [0.1, 0.15) is 31.8 Å². The van der Waals surface area contributed by atoms with Gasteiger partial charge in [0.05, 0.1) is 17.7 Å². The number of aromatic nitrogens is 1. The number of amides is 1. The van der Waals surface area contributed by atoms with Gasteiger partial charge in [0.2, 0.25) is 5.91 Å². The van der Waals surface area contributed by atoms with Crippen LogP contribution < -0.4 is 19.5 Å². The van der Waals surface area contributed by atoms with Gasteiger partial charge in [-0.3, -0.25) is 4.79 Å². The van der Waals surface area contributed by atoms with E-state index in [0.717, 1.165) is 11.1 Å². The predicted molar refractivity (Wildman–Crippen MR) is 130 cm³/mol. The molecule has 0 bridgehead atoms. The zero-order chi connectivity index (χ0) is 24.6. The maximum absolute atomic E-state index is 13.4. The van der Waals surface area contributed by atoms with Crippen molar-refractivity contribution in [3.63, 3.8) is 0 Å². The summed E-state index contributed by atoms with van der Waals surface area (Å²) in [6, 6.07) is 15.5. The number of carbonyl (C=O) groups is 1. The lowest BCUT2D eigenvalue weighted by atomic mass is 9.94. The Morgan fingerprint density at radius 3 is 2.67 bits per heavy atom. The first-order valence-electron chi connectivity index (χ1n) is 11.3. The largest absolute Gasteiger partial charge is 0.586 e. The maximum Gasteiger partial charge on any atom is 0.586 e. The number of hydrogen-bond donors (Lipinski definition) is 2. The summed E-state index contributed by atoms with van der Waals surface area (Å²) in [6.07, 6.45) is -2.00. The quantitative estimate of drug-likeness (QED) is 0.445. The molecule has 0 saturated heterocycles. The first-order valence-corrected chi connectivity index (χ1v) is 11.3. The molecule has 1 amide bonds. The van der Waals surface area contributed by atoms with Crippen LogP contribution in [-0.4, -0.2) is 41.0 Å². The molecule has 0 radical (unpaired) electrons. The second-order valence-electron chi connectivity index (χ2n) is 8.68. The van der Waals surface area contributed by atoms with Gasteiger partial charge < -0.3 is 30.1 Å². The molecule has 192 valence electrons. The molecular weight excluding hydrogens is 474 g/mol. The molecule has 2 aliphatic rings. The van der Waals surface area contributed by atoms with Gasteiger partial charge in [0.15, 0.2) is 11.5 Å². The highest BCUT2D eigenvalue weighted by Crippen LogP contribution is 2.52. The number of aryl methyl sites for hydroxylation is 1. The second-order valence-corrected chi connectivity index (χ2v) is 8.68. The number of anilines is 1. The zero-order valence-electron chi connectivity index (χ0n) is 19.5. The third-order valence-corrected chi connectivity index (χ3v) is 6.16. The van der Waals surface area contributed by atoms with Crippen molar-refractivity contribution in [3.8, 4) is 28.5 Å². The number of alkyl halides is 2. The Balaban J connectivity index is 0.00000190. The van der Waals surface area contributed by atoms with Crippen molar-refractivity contribution in [1.82, 2.24) is 4.98 Å². The molecule has 2 aromatic carbocycles. The second kappa shape index (κ2) is 9.71. The smallest absolute Gasteiger partial charge is 0.493 e. The molecule has 4 N–H and O–H groups in total. The molecule has 2 heterocycles. The fraction of sp³-hybridized carbons (Fsp3) is 0.308. The Hall–Kier alpha value is -3.76. The van der Waals surface area contributed by atoms with Crippen LogP contribution in [0.4, 0.5) is 14.6 Å². The predicted octanol–water partition coefficient (Wildman–Crippen LogP) is 4.23. The Labute approximate surface area is 207 Å². The summed E-state index contributed by atoms with van der Waals surface area (Å²) in [5, 5.41) is 11.8. The average Bonchev–Trinajstić information content (AvgIpc) is 3.58. The zero-order valence-corrected chi connectivity index (χ0v) is 19.5. The van der Waals surface area contributed by atoms with Crippen LogP contribution in [0.5, 0.6) is 17.2 Å². The van der Waals surface area contributed by atoms with Crippen LogP contribution in [0.25, 0.3) is 11.3 Å². The van der Waals surface area contributed by atoms with E-state index >= 15 is 0 Å². The van der Waals surface area contributed by atoms with Crippen LogP contribution in [0.2, 0.25) is 0 Å². The minimum Gasteiger partial charge on any atom is -0.493 e. The summed E-state index contributed by atoms with van der Waals surface area (Å²) in [5.41, 5.74) is 2.22. The van der Waals surface area contributed by atoms with Crippen LogP contribution in [-0.2, 0) is 10.2 Å². The number of aliphatic hydroxyl groups excluding tert-OH is 1. The van der Waals surface area contributed by atoms with Gasteiger partial charge in [0.1, 0.15) is 11.6 Å². The number of benzene rings is 2. The van der Waals surface area contributed by atoms with Crippen molar-refractivity contribution >= 4 is 11.7 Å². The maximum atomic E-state index is 13.4. The van der Waals surface area contributed by atoms with Gasteiger partial charge >= 0.3 is 6.29 Å². The first kappa shape index (κ1) is 25.3. The molecule has 1 aliphatic carbocycles. The van der Waals surface area contributed by atoms with Gasteiger partial charge in [-0.25, -0.2) is 4.98 Å². The average molecular weight is 503 g/mol. The number of rotatable bonds is 8. The number of carbonyl (C=O) groups excluding carboxylic acids is 1. The Morgan fingerprint density at radius 1 is 1.14 bits per heavy atom. The molecule has 1 fully saturated rings. The van der Waals surface area contributed by atoms with Gasteiger partial charge in [-0.05, 0) is 61.2 Å². The van der Waals surface area contributed by atoms with E-state index in [2.05, 4.69) is 19.8 Å². The van der Waals surface area contributed by atoms with E-state index in [-0.39, 0.29) is 30.9 Å². The molecule has 1 aliphatic heterocycles. The normalized spacial score (nSPS) is 16.1. The van der Waals surface area contributed by atoms with Gasteiger partial charge in [-0.2, -0.15) is 0 Å². The Kier molecular flexibility index (Phi) is 6.83. The molecule has 1 saturated carbocycles. The molecule has 5 rings (SSSR count). The standard InChI is InChI=1S/C26H24F2N2O5.H2O.H2/c1-16-6-9-22(29-23(16)17-4-2-5-19(14-17)33-13-3-12-31)30-24(32)25(10-11-25)18-7-8-20-21(15-18)35-26(27,28)34-20;;/h2,4-9,14-15,31H,3,10-13H2,1H3,(H,29,30,32);1H2;1H. The van der Waals surface area contributed by atoms with Gasteiger partial charge in [0, 0.05) is 20.0 Å². The van der Waals surface area contributed by atoms with Crippen molar-refractivity contribution in [2.75, 3.05) is 18.5 Å². The van der Waals surface area contributed by atoms with Crippen molar-refractivity contribution in [2.24, 2.45) is 0 Å². The van der Waals surface area contributed by atoms with E-state index in [1.807, 2.05) is 37.3 Å². The molecule has 0 atom stereocenters. The summed E-state index contributed by atoms with van der Waals surface area (Å²) in [7, 11) is 0. The Morgan fingerprint density at radius 2 is 1.92 bits per heavy atom. The summed E-state index contributed by atoms with van der Waals surface area (Å²) >= 11 is 0. The van der Waals surface area contributed by atoms with Crippen molar-refractivity contribution in [2.45, 2.75) is 37.9 Å². The fourth-order valence-corrected chi connectivity index (χ4v) is 4.13.